The Balaban J connectivity index is 1.58. The molecule has 0 saturated carbocycles. The minimum atomic E-state index is -0.441. The number of halogens is 1. The summed E-state index contributed by atoms with van der Waals surface area (Å²) in [6.45, 7) is 0. The largest absolute Gasteiger partial charge is 0.397 e. The van der Waals surface area contributed by atoms with E-state index >= 15 is 0 Å². The standard InChI is InChI=1S/C27H18FN5O2S/c1-33-14-22(35-32-33)31-26(34)25-24(29)23-20(16-8-4-9-17(28)12-16)13-21(30-27(23)36-25)19-11-5-7-15-6-2-3-10-18(15)19/h2-14H,1H3,(H2-,29,31,32,34)/p+1. The van der Waals surface area contributed by atoms with Gasteiger partial charge in [0.25, 0.3) is 12.1 Å². The first-order valence-electron chi connectivity index (χ1n) is 11.1. The summed E-state index contributed by atoms with van der Waals surface area (Å²) in [5.41, 5.74) is 9.76. The molecule has 0 aliphatic rings. The number of anilines is 2. The maximum absolute atomic E-state index is 14.2. The SMILES string of the molecule is C[n+]1cc(NC(=O)c2sc3nc(-c4cccc5ccccc45)cc(-c4cccc(F)c4)c3c2N)on1. The predicted molar refractivity (Wildman–Crippen MR) is 138 cm³/mol. The zero-order valence-corrected chi connectivity index (χ0v) is 19.8. The molecule has 0 radical (unpaired) electrons. The van der Waals surface area contributed by atoms with Crippen molar-refractivity contribution in [3.8, 4) is 22.4 Å². The molecule has 0 spiro atoms. The number of thiophene rings is 1. The number of aromatic nitrogens is 3. The van der Waals surface area contributed by atoms with Crippen LogP contribution in [0, 0.1) is 5.82 Å². The number of pyridine rings is 1. The number of fused-ring (bicyclic) bond motifs is 2. The third-order valence-electron chi connectivity index (χ3n) is 5.92. The molecule has 0 aliphatic heterocycles. The predicted octanol–water partition coefficient (Wildman–Crippen LogP) is 5.57. The Morgan fingerprint density at radius 3 is 2.67 bits per heavy atom. The van der Waals surface area contributed by atoms with E-state index in [0.29, 0.717) is 27.0 Å². The summed E-state index contributed by atoms with van der Waals surface area (Å²) in [6, 6.07) is 22.3. The van der Waals surface area contributed by atoms with Crippen LogP contribution in [0.15, 0.2) is 83.5 Å². The van der Waals surface area contributed by atoms with Gasteiger partial charge in [-0.2, -0.15) is 0 Å². The molecule has 6 rings (SSSR count). The molecule has 0 aliphatic carbocycles. The van der Waals surface area contributed by atoms with Crippen molar-refractivity contribution in [3.05, 3.63) is 89.7 Å². The Kier molecular flexibility index (Phi) is 5.19. The van der Waals surface area contributed by atoms with E-state index in [9.17, 15) is 9.18 Å². The molecule has 1 amide bonds. The third-order valence-corrected chi connectivity index (χ3v) is 7.01. The first-order chi connectivity index (χ1) is 17.5. The lowest BCUT2D eigenvalue weighted by molar-refractivity contribution is -0.739. The van der Waals surface area contributed by atoms with Crippen molar-refractivity contribution in [2.24, 2.45) is 7.05 Å². The second-order valence-electron chi connectivity index (χ2n) is 8.31. The Bertz CT molecular complexity index is 1790. The number of aryl methyl sites for hydroxylation is 1. The van der Waals surface area contributed by atoms with Gasteiger partial charge >= 0.3 is 5.88 Å². The molecule has 0 saturated heterocycles. The molecule has 36 heavy (non-hydrogen) atoms. The van der Waals surface area contributed by atoms with Gasteiger partial charge < -0.3 is 5.73 Å². The van der Waals surface area contributed by atoms with E-state index in [2.05, 4.69) is 10.6 Å². The Labute approximate surface area is 208 Å². The summed E-state index contributed by atoms with van der Waals surface area (Å²) in [6.07, 6.45) is 1.54. The van der Waals surface area contributed by atoms with Crippen LogP contribution in [-0.4, -0.2) is 16.2 Å². The van der Waals surface area contributed by atoms with Gasteiger partial charge in [0.05, 0.1) is 11.4 Å². The summed E-state index contributed by atoms with van der Waals surface area (Å²) >= 11 is 1.17. The molecule has 176 valence electrons. The minimum absolute atomic E-state index is 0.189. The monoisotopic (exact) mass is 496 g/mol. The highest BCUT2D eigenvalue weighted by Crippen LogP contribution is 2.42. The fourth-order valence-corrected chi connectivity index (χ4v) is 5.32. The number of nitrogens with two attached hydrogens (primary N) is 1. The average molecular weight is 497 g/mol. The van der Waals surface area contributed by atoms with E-state index in [1.54, 1.807) is 13.1 Å². The van der Waals surface area contributed by atoms with Crippen LogP contribution in [0.25, 0.3) is 43.4 Å². The van der Waals surface area contributed by atoms with Crippen molar-refractivity contribution in [3.63, 3.8) is 0 Å². The summed E-state index contributed by atoms with van der Waals surface area (Å²) in [5.74, 6) is -0.618. The number of nitrogens with zero attached hydrogens (tertiary/aromatic N) is 3. The van der Waals surface area contributed by atoms with E-state index in [1.165, 1.54) is 34.3 Å². The van der Waals surface area contributed by atoms with Gasteiger partial charge in [-0.15, -0.1) is 11.3 Å². The number of carbonyl (C=O) groups excluding carboxylic acids is 1. The summed E-state index contributed by atoms with van der Waals surface area (Å²) in [5, 5.41) is 9.10. The van der Waals surface area contributed by atoms with Crippen LogP contribution in [-0.2, 0) is 7.05 Å². The first kappa shape index (κ1) is 21.9. The van der Waals surface area contributed by atoms with Crippen LogP contribution in [0.3, 0.4) is 0 Å². The second-order valence-corrected chi connectivity index (χ2v) is 9.31. The van der Waals surface area contributed by atoms with E-state index in [-0.39, 0.29) is 22.3 Å². The van der Waals surface area contributed by atoms with Crippen molar-refractivity contribution >= 4 is 49.8 Å². The lowest BCUT2D eigenvalue weighted by Gasteiger charge is -2.11. The second kappa shape index (κ2) is 8.54. The Morgan fingerprint density at radius 1 is 1.06 bits per heavy atom. The molecular weight excluding hydrogens is 477 g/mol. The van der Waals surface area contributed by atoms with Crippen molar-refractivity contribution in [1.82, 2.24) is 10.3 Å². The van der Waals surface area contributed by atoms with Gasteiger partial charge in [0, 0.05) is 10.9 Å². The molecule has 7 nitrogen and oxygen atoms in total. The van der Waals surface area contributed by atoms with Crippen molar-refractivity contribution in [2.45, 2.75) is 0 Å². The van der Waals surface area contributed by atoms with E-state index in [0.717, 1.165) is 16.3 Å². The lowest BCUT2D eigenvalue weighted by Crippen LogP contribution is -2.28. The van der Waals surface area contributed by atoms with Crippen LogP contribution in [0.4, 0.5) is 16.0 Å². The quantitative estimate of drug-likeness (QED) is 0.311. The molecule has 0 unspecified atom stereocenters. The highest BCUT2D eigenvalue weighted by Gasteiger charge is 2.23. The number of nitrogens with one attached hydrogen (secondary N) is 1. The molecule has 9 heteroatoms. The zero-order chi connectivity index (χ0) is 24.8. The molecule has 0 bridgehead atoms. The molecule has 6 aromatic rings. The maximum Gasteiger partial charge on any atom is 0.302 e. The van der Waals surface area contributed by atoms with E-state index < -0.39 is 5.91 Å². The van der Waals surface area contributed by atoms with Crippen molar-refractivity contribution in [2.75, 3.05) is 11.1 Å². The van der Waals surface area contributed by atoms with Crippen LogP contribution in [0.2, 0.25) is 0 Å². The minimum Gasteiger partial charge on any atom is -0.397 e. The van der Waals surface area contributed by atoms with Gasteiger partial charge in [-0.1, -0.05) is 59.3 Å². The molecule has 3 heterocycles. The number of hydrogen-bond acceptors (Lipinski definition) is 6. The number of nitrogen functional groups attached to an aromatic ring is 1. The van der Waals surface area contributed by atoms with Gasteiger partial charge in [0.2, 0.25) is 0 Å². The number of benzene rings is 3. The average Bonchev–Trinajstić information content (AvgIpc) is 3.45. The Hall–Kier alpha value is -4.63. The van der Waals surface area contributed by atoms with Crippen LogP contribution >= 0.6 is 11.3 Å². The zero-order valence-electron chi connectivity index (χ0n) is 19.0. The van der Waals surface area contributed by atoms with E-state index in [1.807, 2.05) is 54.6 Å². The van der Waals surface area contributed by atoms with Crippen LogP contribution in [0.5, 0.6) is 0 Å². The van der Waals surface area contributed by atoms with Crippen LogP contribution < -0.4 is 15.7 Å². The molecular formula is C27H19FN5O2S+. The number of hydrogen-bond donors (Lipinski definition) is 2. The highest BCUT2D eigenvalue weighted by molar-refractivity contribution is 7.21. The summed E-state index contributed by atoms with van der Waals surface area (Å²) < 4.78 is 20.8. The fourth-order valence-electron chi connectivity index (χ4n) is 4.31. The molecule has 3 aromatic heterocycles. The van der Waals surface area contributed by atoms with Crippen LogP contribution in [0.1, 0.15) is 9.67 Å². The lowest BCUT2D eigenvalue weighted by atomic mass is 9.97. The van der Waals surface area contributed by atoms with Gasteiger partial charge in [0.15, 0.2) is 12.3 Å². The molecule has 3 N–H and O–H groups in total. The van der Waals surface area contributed by atoms with E-state index in [4.69, 9.17) is 15.2 Å². The van der Waals surface area contributed by atoms with Gasteiger partial charge in [0.1, 0.15) is 15.5 Å². The number of rotatable bonds is 4. The number of amides is 1. The van der Waals surface area contributed by atoms with Crippen molar-refractivity contribution < 1.29 is 18.4 Å². The van der Waals surface area contributed by atoms with Crippen molar-refractivity contribution in [1.29, 1.82) is 0 Å². The summed E-state index contributed by atoms with van der Waals surface area (Å²) in [4.78, 5) is 18.8. The molecule has 0 fully saturated rings. The molecule has 0 atom stereocenters. The molecule has 3 aromatic carbocycles. The Morgan fingerprint density at radius 2 is 1.86 bits per heavy atom. The first-order valence-corrected chi connectivity index (χ1v) is 11.9. The topological polar surface area (TPSA) is 97.9 Å². The third kappa shape index (κ3) is 3.75. The summed E-state index contributed by atoms with van der Waals surface area (Å²) in [7, 11) is 1.68. The smallest absolute Gasteiger partial charge is 0.302 e. The van der Waals surface area contributed by atoms with Gasteiger partial charge in [-0.05, 0) is 40.1 Å². The maximum atomic E-state index is 14.2. The van der Waals surface area contributed by atoms with Gasteiger partial charge in [-0.25, -0.2) is 9.37 Å². The fraction of sp³-hybridized carbons (Fsp3) is 0.0370. The van der Waals surface area contributed by atoms with Gasteiger partial charge in [-0.3, -0.25) is 14.6 Å². The normalized spacial score (nSPS) is 11.3. The number of carbonyl (C=O) groups is 1. The highest BCUT2D eigenvalue weighted by atomic mass is 32.1.